The second-order valence-corrected chi connectivity index (χ2v) is 7.74. The first-order valence-electron chi connectivity index (χ1n) is 8.25. The molecule has 7 heteroatoms. The van der Waals surface area contributed by atoms with E-state index in [9.17, 15) is 14.4 Å². The van der Waals surface area contributed by atoms with Gasteiger partial charge in [-0.1, -0.05) is 6.07 Å². The molecule has 3 rings (SSSR count). The standard InChI is InChI=1S/C18H22N2O5/c1-17(2,3)25-16(24)20-7-6-18(10-20)9-12-5-4-11(14(21)22)8-13(12)19-15(18)23/h4-5,8H,6-7,9-10H2,1-3H3,(H,19,23)(H,21,22). The molecule has 0 aromatic heterocycles. The summed E-state index contributed by atoms with van der Waals surface area (Å²) in [6.45, 7) is 6.18. The quantitative estimate of drug-likeness (QED) is 0.814. The van der Waals surface area contributed by atoms with Crippen molar-refractivity contribution >= 4 is 23.7 Å². The number of anilines is 1. The normalized spacial score (nSPS) is 22.5. The molecule has 134 valence electrons. The van der Waals surface area contributed by atoms with Gasteiger partial charge in [-0.05, 0) is 51.3 Å². The SMILES string of the molecule is CC(C)(C)OC(=O)N1CCC2(Cc3ccc(C(=O)O)cc3NC2=O)C1. The smallest absolute Gasteiger partial charge is 0.410 e. The molecule has 7 nitrogen and oxygen atoms in total. The molecule has 1 atom stereocenters. The first-order valence-corrected chi connectivity index (χ1v) is 8.25. The van der Waals surface area contributed by atoms with Crippen LogP contribution in [-0.4, -0.2) is 46.7 Å². The summed E-state index contributed by atoms with van der Waals surface area (Å²) in [7, 11) is 0. The Balaban J connectivity index is 1.79. The van der Waals surface area contributed by atoms with Gasteiger partial charge in [-0.15, -0.1) is 0 Å². The fraction of sp³-hybridized carbons (Fsp3) is 0.500. The molecule has 1 aromatic rings. The average Bonchev–Trinajstić information content (AvgIpc) is 2.91. The first kappa shape index (κ1) is 17.3. The lowest BCUT2D eigenvalue weighted by molar-refractivity contribution is -0.125. The van der Waals surface area contributed by atoms with E-state index in [0.29, 0.717) is 31.6 Å². The van der Waals surface area contributed by atoms with Crippen LogP contribution >= 0.6 is 0 Å². The number of carboxylic acid groups (broad SMARTS) is 1. The van der Waals surface area contributed by atoms with Crippen LogP contribution in [0.2, 0.25) is 0 Å². The molecule has 1 aromatic carbocycles. The van der Waals surface area contributed by atoms with E-state index >= 15 is 0 Å². The van der Waals surface area contributed by atoms with E-state index in [1.165, 1.54) is 12.1 Å². The summed E-state index contributed by atoms with van der Waals surface area (Å²) >= 11 is 0. The molecule has 0 radical (unpaired) electrons. The van der Waals surface area contributed by atoms with Crippen LogP contribution in [0, 0.1) is 5.41 Å². The van der Waals surface area contributed by atoms with Crippen LogP contribution in [-0.2, 0) is 16.0 Å². The second kappa shape index (κ2) is 5.75. The number of likely N-dealkylation sites (tertiary alicyclic amines) is 1. The maximum atomic E-state index is 12.7. The van der Waals surface area contributed by atoms with Gasteiger partial charge < -0.3 is 20.1 Å². The zero-order valence-corrected chi connectivity index (χ0v) is 14.6. The number of aromatic carboxylic acids is 1. The number of amides is 2. The predicted molar refractivity (Wildman–Crippen MR) is 90.6 cm³/mol. The van der Waals surface area contributed by atoms with Crippen molar-refractivity contribution < 1.29 is 24.2 Å². The number of rotatable bonds is 1. The first-order chi connectivity index (χ1) is 11.6. The monoisotopic (exact) mass is 346 g/mol. The summed E-state index contributed by atoms with van der Waals surface area (Å²) in [5.74, 6) is -1.21. The Kier molecular flexibility index (Phi) is 3.97. The minimum absolute atomic E-state index is 0.136. The predicted octanol–water partition coefficient (Wildman–Crippen LogP) is 2.51. The van der Waals surface area contributed by atoms with Crippen molar-refractivity contribution in [1.82, 2.24) is 4.90 Å². The molecule has 1 fully saturated rings. The highest BCUT2D eigenvalue weighted by atomic mass is 16.6. The van der Waals surface area contributed by atoms with E-state index in [0.717, 1.165) is 5.56 Å². The molecule has 1 spiro atoms. The molecule has 2 heterocycles. The van der Waals surface area contributed by atoms with Gasteiger partial charge in [-0.25, -0.2) is 9.59 Å². The van der Waals surface area contributed by atoms with Crippen molar-refractivity contribution in [2.45, 2.75) is 39.2 Å². The van der Waals surface area contributed by atoms with Crippen molar-refractivity contribution in [3.63, 3.8) is 0 Å². The number of carbonyl (C=O) groups excluding carboxylic acids is 2. The van der Waals surface area contributed by atoms with Gasteiger partial charge in [0.25, 0.3) is 0 Å². The van der Waals surface area contributed by atoms with E-state index in [1.807, 2.05) is 0 Å². The summed E-state index contributed by atoms with van der Waals surface area (Å²) in [6.07, 6.45) is 0.621. The number of ether oxygens (including phenoxy) is 1. The number of hydrogen-bond donors (Lipinski definition) is 2. The fourth-order valence-corrected chi connectivity index (χ4v) is 3.36. The van der Waals surface area contributed by atoms with Crippen LogP contribution < -0.4 is 5.32 Å². The van der Waals surface area contributed by atoms with E-state index in [4.69, 9.17) is 9.84 Å². The van der Waals surface area contributed by atoms with Crippen LogP contribution in [0.3, 0.4) is 0 Å². The molecule has 2 amide bonds. The van der Waals surface area contributed by atoms with Crippen molar-refractivity contribution in [3.8, 4) is 0 Å². The Morgan fingerprint density at radius 2 is 2.04 bits per heavy atom. The molecule has 25 heavy (non-hydrogen) atoms. The highest BCUT2D eigenvalue weighted by Crippen LogP contribution is 2.41. The highest BCUT2D eigenvalue weighted by Gasteiger charge is 2.49. The number of nitrogens with one attached hydrogen (secondary N) is 1. The van der Waals surface area contributed by atoms with Crippen LogP contribution in [0.15, 0.2) is 18.2 Å². The third-order valence-corrected chi connectivity index (χ3v) is 4.62. The summed E-state index contributed by atoms with van der Waals surface area (Å²) in [5, 5.41) is 11.9. The lowest BCUT2D eigenvalue weighted by atomic mass is 9.77. The lowest BCUT2D eigenvalue weighted by Crippen LogP contribution is -2.45. The topological polar surface area (TPSA) is 95.9 Å². The molecule has 2 aliphatic heterocycles. The Bertz CT molecular complexity index is 752. The zero-order chi connectivity index (χ0) is 18.4. The van der Waals surface area contributed by atoms with Crippen molar-refractivity contribution in [2.24, 2.45) is 5.41 Å². The molecule has 2 aliphatic rings. The molecule has 1 saturated heterocycles. The molecular formula is C18H22N2O5. The third-order valence-electron chi connectivity index (χ3n) is 4.62. The molecule has 0 bridgehead atoms. The van der Waals surface area contributed by atoms with Gasteiger partial charge in [-0.3, -0.25) is 4.79 Å². The zero-order valence-electron chi connectivity index (χ0n) is 14.6. The Labute approximate surface area is 146 Å². The Morgan fingerprint density at radius 1 is 1.32 bits per heavy atom. The lowest BCUT2D eigenvalue weighted by Gasteiger charge is -2.34. The number of nitrogens with zero attached hydrogens (tertiary/aromatic N) is 1. The fourth-order valence-electron chi connectivity index (χ4n) is 3.36. The van der Waals surface area contributed by atoms with E-state index in [1.54, 1.807) is 31.7 Å². The maximum Gasteiger partial charge on any atom is 0.410 e. The number of hydrogen-bond acceptors (Lipinski definition) is 4. The Morgan fingerprint density at radius 3 is 2.68 bits per heavy atom. The van der Waals surface area contributed by atoms with Crippen LogP contribution in [0.25, 0.3) is 0 Å². The Hall–Kier alpha value is -2.57. The van der Waals surface area contributed by atoms with E-state index < -0.39 is 23.1 Å². The van der Waals surface area contributed by atoms with Crippen molar-refractivity contribution in [3.05, 3.63) is 29.3 Å². The van der Waals surface area contributed by atoms with Gasteiger partial charge in [0.15, 0.2) is 0 Å². The van der Waals surface area contributed by atoms with Gasteiger partial charge >= 0.3 is 12.1 Å². The number of carbonyl (C=O) groups is 3. The van der Waals surface area contributed by atoms with Gasteiger partial charge in [0.1, 0.15) is 5.60 Å². The molecular weight excluding hydrogens is 324 g/mol. The summed E-state index contributed by atoms with van der Waals surface area (Å²) in [6, 6.07) is 4.74. The average molecular weight is 346 g/mol. The maximum absolute atomic E-state index is 12.7. The van der Waals surface area contributed by atoms with Gasteiger partial charge in [0, 0.05) is 18.8 Å². The molecule has 0 aliphatic carbocycles. The second-order valence-electron chi connectivity index (χ2n) is 7.74. The number of fused-ring (bicyclic) bond motifs is 1. The highest BCUT2D eigenvalue weighted by molar-refractivity contribution is 6.00. The summed E-state index contributed by atoms with van der Waals surface area (Å²) in [4.78, 5) is 37.6. The third kappa shape index (κ3) is 3.31. The number of carboxylic acids is 1. The van der Waals surface area contributed by atoms with Gasteiger partial charge in [0.2, 0.25) is 5.91 Å². The minimum atomic E-state index is -1.03. The molecule has 0 saturated carbocycles. The van der Waals surface area contributed by atoms with E-state index in [-0.39, 0.29) is 11.5 Å². The minimum Gasteiger partial charge on any atom is -0.478 e. The largest absolute Gasteiger partial charge is 0.478 e. The van der Waals surface area contributed by atoms with Crippen LogP contribution in [0.5, 0.6) is 0 Å². The number of benzene rings is 1. The van der Waals surface area contributed by atoms with Crippen LogP contribution in [0.4, 0.5) is 10.5 Å². The molecule has 1 unspecified atom stereocenters. The van der Waals surface area contributed by atoms with E-state index in [2.05, 4.69) is 5.32 Å². The van der Waals surface area contributed by atoms with Gasteiger partial charge in [0.05, 0.1) is 11.0 Å². The van der Waals surface area contributed by atoms with Crippen LogP contribution in [0.1, 0.15) is 43.1 Å². The van der Waals surface area contributed by atoms with Gasteiger partial charge in [-0.2, -0.15) is 0 Å². The molecule has 2 N–H and O–H groups in total. The summed E-state index contributed by atoms with van der Waals surface area (Å²) in [5.41, 5.74) is 0.287. The van der Waals surface area contributed by atoms with Crippen molar-refractivity contribution in [2.75, 3.05) is 18.4 Å². The van der Waals surface area contributed by atoms with Crippen molar-refractivity contribution in [1.29, 1.82) is 0 Å². The summed E-state index contributed by atoms with van der Waals surface area (Å²) < 4.78 is 5.39.